The van der Waals surface area contributed by atoms with Crippen molar-refractivity contribution in [3.05, 3.63) is 0 Å². The summed E-state index contributed by atoms with van der Waals surface area (Å²) in [6.07, 6.45) is 17.3. The van der Waals surface area contributed by atoms with Crippen molar-refractivity contribution in [2.45, 2.75) is 95.2 Å². The molecule has 3 atom stereocenters. The van der Waals surface area contributed by atoms with Gasteiger partial charge in [-0.25, -0.2) is 0 Å². The van der Waals surface area contributed by atoms with E-state index >= 15 is 0 Å². The summed E-state index contributed by atoms with van der Waals surface area (Å²) >= 11 is 0. The van der Waals surface area contributed by atoms with Gasteiger partial charge in [-0.15, -0.1) is 0 Å². The molecule has 19 heavy (non-hydrogen) atoms. The molecule has 0 aromatic heterocycles. The molecular formula is C17H32N2. The van der Waals surface area contributed by atoms with Crippen LogP contribution in [0, 0.1) is 5.92 Å². The molecule has 1 heterocycles. The SMILES string of the molecule is C1CCCC(NC2CCCCC2C2CCCN2)CC1. The van der Waals surface area contributed by atoms with Gasteiger partial charge in [-0.2, -0.15) is 0 Å². The van der Waals surface area contributed by atoms with Crippen molar-refractivity contribution < 1.29 is 0 Å². The van der Waals surface area contributed by atoms with Gasteiger partial charge in [-0.3, -0.25) is 0 Å². The second-order valence-corrected chi connectivity index (χ2v) is 7.11. The molecule has 3 fully saturated rings. The van der Waals surface area contributed by atoms with E-state index in [0.717, 1.165) is 24.0 Å². The summed E-state index contributed by atoms with van der Waals surface area (Å²) in [5, 5.41) is 7.85. The molecule has 0 radical (unpaired) electrons. The Bertz CT molecular complexity index is 252. The Morgan fingerprint density at radius 1 is 0.684 bits per heavy atom. The largest absolute Gasteiger partial charge is 0.314 e. The zero-order valence-electron chi connectivity index (χ0n) is 12.5. The first-order valence-electron chi connectivity index (χ1n) is 8.93. The lowest BCUT2D eigenvalue weighted by atomic mass is 9.78. The van der Waals surface area contributed by atoms with Crippen LogP contribution in [0.3, 0.4) is 0 Å². The molecule has 2 saturated carbocycles. The van der Waals surface area contributed by atoms with E-state index in [4.69, 9.17) is 0 Å². The first kappa shape index (κ1) is 13.9. The fraction of sp³-hybridized carbons (Fsp3) is 1.00. The van der Waals surface area contributed by atoms with Gasteiger partial charge in [0.2, 0.25) is 0 Å². The summed E-state index contributed by atoms with van der Waals surface area (Å²) in [6.45, 7) is 1.26. The molecule has 1 aliphatic heterocycles. The zero-order valence-corrected chi connectivity index (χ0v) is 12.5. The monoisotopic (exact) mass is 264 g/mol. The maximum Gasteiger partial charge on any atom is 0.0113 e. The van der Waals surface area contributed by atoms with Crippen LogP contribution in [-0.2, 0) is 0 Å². The van der Waals surface area contributed by atoms with E-state index in [0.29, 0.717) is 0 Å². The van der Waals surface area contributed by atoms with Gasteiger partial charge in [0.1, 0.15) is 0 Å². The molecule has 110 valence electrons. The third-order valence-electron chi connectivity index (χ3n) is 5.74. The minimum absolute atomic E-state index is 0.812. The Morgan fingerprint density at radius 2 is 1.42 bits per heavy atom. The molecule has 2 N–H and O–H groups in total. The van der Waals surface area contributed by atoms with Crippen LogP contribution >= 0.6 is 0 Å². The van der Waals surface area contributed by atoms with E-state index in [9.17, 15) is 0 Å². The van der Waals surface area contributed by atoms with Gasteiger partial charge in [0.25, 0.3) is 0 Å². The van der Waals surface area contributed by atoms with E-state index < -0.39 is 0 Å². The first-order valence-corrected chi connectivity index (χ1v) is 8.93. The second kappa shape index (κ2) is 7.08. The van der Waals surface area contributed by atoms with Crippen molar-refractivity contribution in [1.29, 1.82) is 0 Å². The summed E-state index contributed by atoms with van der Waals surface area (Å²) in [6, 6.07) is 2.46. The molecular weight excluding hydrogens is 232 g/mol. The predicted octanol–water partition coefficient (Wildman–Crippen LogP) is 3.61. The molecule has 3 aliphatic rings. The highest BCUT2D eigenvalue weighted by Crippen LogP contribution is 2.31. The van der Waals surface area contributed by atoms with E-state index in [1.807, 2.05) is 0 Å². The van der Waals surface area contributed by atoms with Crippen molar-refractivity contribution >= 4 is 0 Å². The molecule has 0 bridgehead atoms. The molecule has 3 unspecified atom stereocenters. The smallest absolute Gasteiger partial charge is 0.0113 e. The van der Waals surface area contributed by atoms with Crippen molar-refractivity contribution in [2.75, 3.05) is 6.54 Å². The highest BCUT2D eigenvalue weighted by Gasteiger charge is 2.34. The van der Waals surface area contributed by atoms with E-state index in [1.165, 1.54) is 83.6 Å². The molecule has 1 saturated heterocycles. The van der Waals surface area contributed by atoms with E-state index in [2.05, 4.69) is 10.6 Å². The van der Waals surface area contributed by atoms with Crippen LogP contribution in [-0.4, -0.2) is 24.7 Å². The van der Waals surface area contributed by atoms with Crippen molar-refractivity contribution in [3.8, 4) is 0 Å². The minimum atomic E-state index is 0.812. The number of nitrogens with one attached hydrogen (secondary N) is 2. The highest BCUT2D eigenvalue weighted by molar-refractivity contribution is 4.93. The van der Waals surface area contributed by atoms with E-state index in [-0.39, 0.29) is 0 Å². The van der Waals surface area contributed by atoms with Crippen LogP contribution < -0.4 is 10.6 Å². The Labute approximate surface area is 119 Å². The Kier molecular flexibility index (Phi) is 5.17. The van der Waals surface area contributed by atoms with Gasteiger partial charge < -0.3 is 10.6 Å². The van der Waals surface area contributed by atoms with Gasteiger partial charge in [0.15, 0.2) is 0 Å². The van der Waals surface area contributed by atoms with Gasteiger partial charge in [0.05, 0.1) is 0 Å². The molecule has 3 rings (SSSR count). The quantitative estimate of drug-likeness (QED) is 0.761. The summed E-state index contributed by atoms with van der Waals surface area (Å²) < 4.78 is 0. The third kappa shape index (κ3) is 3.72. The van der Waals surface area contributed by atoms with Crippen molar-refractivity contribution in [2.24, 2.45) is 5.92 Å². The lowest BCUT2D eigenvalue weighted by molar-refractivity contribution is 0.196. The molecule has 0 spiro atoms. The maximum atomic E-state index is 4.08. The third-order valence-corrected chi connectivity index (χ3v) is 5.74. The number of hydrogen-bond acceptors (Lipinski definition) is 2. The topological polar surface area (TPSA) is 24.1 Å². The normalized spacial score (nSPS) is 38.2. The van der Waals surface area contributed by atoms with Crippen LogP contribution in [0.15, 0.2) is 0 Å². The average Bonchev–Trinajstić information content (AvgIpc) is 2.85. The van der Waals surface area contributed by atoms with Crippen LogP contribution in [0.25, 0.3) is 0 Å². The second-order valence-electron chi connectivity index (χ2n) is 7.11. The van der Waals surface area contributed by atoms with Crippen LogP contribution in [0.1, 0.15) is 77.0 Å². The summed E-state index contributed by atoms with van der Waals surface area (Å²) in [5.41, 5.74) is 0. The lowest BCUT2D eigenvalue weighted by Crippen LogP contribution is -2.50. The Hall–Kier alpha value is -0.0800. The average molecular weight is 264 g/mol. The Balaban J connectivity index is 1.56. The van der Waals surface area contributed by atoms with Crippen LogP contribution in [0.5, 0.6) is 0 Å². The fourth-order valence-electron chi connectivity index (χ4n) is 4.67. The molecule has 0 aromatic rings. The van der Waals surface area contributed by atoms with Gasteiger partial charge in [-0.05, 0) is 51.0 Å². The maximum absolute atomic E-state index is 4.08. The van der Waals surface area contributed by atoms with Crippen molar-refractivity contribution in [1.82, 2.24) is 10.6 Å². The molecule has 2 nitrogen and oxygen atoms in total. The highest BCUT2D eigenvalue weighted by atomic mass is 15.0. The first-order chi connectivity index (χ1) is 9.43. The minimum Gasteiger partial charge on any atom is -0.314 e. The number of rotatable bonds is 3. The number of hydrogen-bond donors (Lipinski definition) is 2. The van der Waals surface area contributed by atoms with E-state index in [1.54, 1.807) is 0 Å². The standard InChI is InChI=1S/C17H32N2/c1-2-4-9-14(8-3-1)19-17-11-6-5-10-15(17)16-12-7-13-18-16/h14-19H,1-13H2. The molecule has 0 amide bonds. The predicted molar refractivity (Wildman–Crippen MR) is 81.4 cm³/mol. The summed E-state index contributed by atoms with van der Waals surface area (Å²) in [4.78, 5) is 0. The zero-order chi connectivity index (χ0) is 12.9. The van der Waals surface area contributed by atoms with Crippen LogP contribution in [0.2, 0.25) is 0 Å². The van der Waals surface area contributed by atoms with Crippen molar-refractivity contribution in [3.63, 3.8) is 0 Å². The lowest BCUT2D eigenvalue weighted by Gasteiger charge is -2.38. The van der Waals surface area contributed by atoms with Gasteiger partial charge in [0, 0.05) is 18.1 Å². The molecule has 2 heteroatoms. The summed E-state index contributed by atoms with van der Waals surface area (Å²) in [5.74, 6) is 0.916. The van der Waals surface area contributed by atoms with Gasteiger partial charge >= 0.3 is 0 Å². The van der Waals surface area contributed by atoms with Gasteiger partial charge in [-0.1, -0.05) is 38.5 Å². The molecule has 2 aliphatic carbocycles. The Morgan fingerprint density at radius 3 is 2.16 bits per heavy atom. The fourth-order valence-corrected chi connectivity index (χ4v) is 4.67. The summed E-state index contributed by atoms with van der Waals surface area (Å²) in [7, 11) is 0. The van der Waals surface area contributed by atoms with Crippen LogP contribution in [0.4, 0.5) is 0 Å². The molecule has 0 aromatic carbocycles.